The van der Waals surface area contributed by atoms with E-state index in [1.54, 1.807) is 38.1 Å². The number of benzene rings is 1. The Hall–Kier alpha value is -1.60. The number of carbonyl (C=O) groups is 1. The fourth-order valence-corrected chi connectivity index (χ4v) is 3.89. The van der Waals surface area contributed by atoms with E-state index in [2.05, 4.69) is 4.72 Å². The van der Waals surface area contributed by atoms with Crippen molar-refractivity contribution in [2.24, 2.45) is 0 Å². The van der Waals surface area contributed by atoms with Gasteiger partial charge in [-0.1, -0.05) is 18.2 Å². The van der Waals surface area contributed by atoms with Gasteiger partial charge in [0, 0.05) is 12.6 Å². The van der Waals surface area contributed by atoms with Crippen LogP contribution in [0.1, 0.15) is 31.7 Å². The molecule has 1 heterocycles. The van der Waals surface area contributed by atoms with E-state index < -0.39 is 22.1 Å². The number of carboxylic acids is 1. The van der Waals surface area contributed by atoms with Crippen LogP contribution < -0.4 is 9.03 Å². The maximum absolute atomic E-state index is 12.3. The number of hydrogen-bond donors (Lipinski definition) is 2. The Balaban J connectivity index is 2.44. The van der Waals surface area contributed by atoms with E-state index in [0.717, 1.165) is 0 Å². The normalized spacial score (nSPS) is 18.9. The molecule has 0 saturated heterocycles. The van der Waals surface area contributed by atoms with E-state index in [4.69, 9.17) is 0 Å². The lowest BCUT2D eigenvalue weighted by Crippen LogP contribution is -2.46. The first kappa shape index (κ1) is 14.8. The Kier molecular flexibility index (Phi) is 4.01. The van der Waals surface area contributed by atoms with E-state index >= 15 is 0 Å². The molecule has 0 saturated carbocycles. The van der Waals surface area contributed by atoms with Crippen LogP contribution in [0.3, 0.4) is 0 Å². The van der Waals surface area contributed by atoms with Crippen molar-refractivity contribution in [3.05, 3.63) is 29.8 Å². The van der Waals surface area contributed by atoms with Crippen molar-refractivity contribution < 1.29 is 18.3 Å². The molecule has 6 nitrogen and oxygen atoms in total. The quantitative estimate of drug-likeness (QED) is 0.877. The molecule has 20 heavy (non-hydrogen) atoms. The highest BCUT2D eigenvalue weighted by Crippen LogP contribution is 2.36. The number of nitrogens with zero attached hydrogens (tertiary/aromatic N) is 1. The third kappa shape index (κ3) is 2.78. The fourth-order valence-electron chi connectivity index (χ4n) is 2.40. The number of aliphatic carboxylic acids is 1. The summed E-state index contributed by atoms with van der Waals surface area (Å²) in [6, 6.07) is 6.53. The lowest BCUT2D eigenvalue weighted by molar-refractivity contribution is -0.139. The maximum atomic E-state index is 12.3. The first-order valence-electron chi connectivity index (χ1n) is 6.44. The van der Waals surface area contributed by atoms with Gasteiger partial charge < -0.3 is 5.11 Å². The molecule has 1 aliphatic rings. The van der Waals surface area contributed by atoms with Crippen LogP contribution in [0.15, 0.2) is 24.3 Å². The average molecular weight is 298 g/mol. The molecule has 0 bridgehead atoms. The Morgan fingerprint density at radius 1 is 1.40 bits per heavy atom. The zero-order chi connectivity index (χ0) is 14.9. The Morgan fingerprint density at radius 2 is 2.05 bits per heavy atom. The molecule has 0 amide bonds. The van der Waals surface area contributed by atoms with E-state index in [1.807, 2.05) is 0 Å². The van der Waals surface area contributed by atoms with Crippen LogP contribution >= 0.6 is 0 Å². The minimum absolute atomic E-state index is 0.163. The smallest absolute Gasteiger partial charge is 0.311 e. The van der Waals surface area contributed by atoms with Crippen molar-refractivity contribution in [3.63, 3.8) is 0 Å². The zero-order valence-corrected chi connectivity index (χ0v) is 12.2. The summed E-state index contributed by atoms with van der Waals surface area (Å²) in [7, 11) is -3.65. The zero-order valence-electron chi connectivity index (χ0n) is 11.4. The van der Waals surface area contributed by atoms with Gasteiger partial charge in [0.05, 0.1) is 11.6 Å². The molecule has 1 unspecified atom stereocenters. The van der Waals surface area contributed by atoms with Crippen LogP contribution in [0, 0.1) is 0 Å². The molecule has 1 aromatic rings. The molecule has 2 rings (SSSR count). The second-order valence-electron chi connectivity index (χ2n) is 5.09. The summed E-state index contributed by atoms with van der Waals surface area (Å²) >= 11 is 0. The van der Waals surface area contributed by atoms with Crippen molar-refractivity contribution in [1.29, 1.82) is 0 Å². The molecule has 0 fully saturated rings. The van der Waals surface area contributed by atoms with Gasteiger partial charge in [0.15, 0.2) is 0 Å². The molecule has 0 aromatic heterocycles. The molecular formula is C13H18N2O4S. The van der Waals surface area contributed by atoms with Crippen molar-refractivity contribution in [2.75, 3.05) is 10.8 Å². The number of nitrogens with one attached hydrogen (secondary N) is 1. The number of rotatable bonds is 4. The Morgan fingerprint density at radius 3 is 2.65 bits per heavy atom. The van der Waals surface area contributed by atoms with Crippen molar-refractivity contribution in [3.8, 4) is 0 Å². The first-order chi connectivity index (χ1) is 9.33. The van der Waals surface area contributed by atoms with Crippen molar-refractivity contribution in [2.45, 2.75) is 32.2 Å². The lowest BCUT2D eigenvalue weighted by atomic mass is 9.91. The van der Waals surface area contributed by atoms with E-state index in [-0.39, 0.29) is 19.0 Å². The summed E-state index contributed by atoms with van der Waals surface area (Å²) in [5, 5.41) is 9.24. The third-order valence-electron chi connectivity index (χ3n) is 3.17. The number of hydrogen-bond acceptors (Lipinski definition) is 3. The van der Waals surface area contributed by atoms with Gasteiger partial charge >= 0.3 is 16.2 Å². The van der Waals surface area contributed by atoms with Gasteiger partial charge in [-0.2, -0.15) is 13.1 Å². The topological polar surface area (TPSA) is 86.7 Å². The lowest BCUT2D eigenvalue weighted by Gasteiger charge is -2.33. The molecule has 0 aliphatic carbocycles. The van der Waals surface area contributed by atoms with Gasteiger partial charge in [-0.15, -0.1) is 0 Å². The number of para-hydroxylation sites is 1. The van der Waals surface area contributed by atoms with Gasteiger partial charge in [0.1, 0.15) is 0 Å². The highest BCUT2D eigenvalue weighted by atomic mass is 32.2. The highest BCUT2D eigenvalue weighted by Gasteiger charge is 2.34. The Labute approximate surface area is 118 Å². The fraction of sp³-hybridized carbons (Fsp3) is 0.462. The van der Waals surface area contributed by atoms with Gasteiger partial charge in [0.2, 0.25) is 0 Å². The molecule has 2 N–H and O–H groups in total. The molecule has 1 aliphatic heterocycles. The second kappa shape index (κ2) is 5.41. The summed E-state index contributed by atoms with van der Waals surface area (Å²) in [5.74, 6) is -1.58. The van der Waals surface area contributed by atoms with Gasteiger partial charge in [-0.25, -0.2) is 0 Å². The van der Waals surface area contributed by atoms with Crippen molar-refractivity contribution in [1.82, 2.24) is 4.72 Å². The summed E-state index contributed by atoms with van der Waals surface area (Å²) < 4.78 is 28.4. The van der Waals surface area contributed by atoms with Gasteiger partial charge in [0.25, 0.3) is 0 Å². The predicted octanol–water partition coefficient (Wildman–Crippen LogP) is 1.31. The Bertz CT molecular complexity index is 613. The summed E-state index contributed by atoms with van der Waals surface area (Å²) in [6.45, 7) is 3.65. The minimum Gasteiger partial charge on any atom is -0.481 e. The van der Waals surface area contributed by atoms with E-state index in [9.17, 15) is 18.3 Å². The standard InChI is InChI=1S/C13H18N2O4S/c1-9(2)14-20(18,19)15-8-7-11(13(16)17)10-5-3-4-6-12(10)15/h3-6,9,11,14H,7-8H2,1-2H3,(H,16,17). The van der Waals surface area contributed by atoms with Crippen LogP contribution in [0.5, 0.6) is 0 Å². The van der Waals surface area contributed by atoms with Crippen LogP contribution in [0.25, 0.3) is 0 Å². The monoisotopic (exact) mass is 298 g/mol. The average Bonchev–Trinajstić information content (AvgIpc) is 2.35. The van der Waals surface area contributed by atoms with E-state index in [0.29, 0.717) is 11.3 Å². The number of carboxylic acid groups (broad SMARTS) is 1. The van der Waals surface area contributed by atoms with Crippen molar-refractivity contribution >= 4 is 21.9 Å². The molecule has 1 atom stereocenters. The highest BCUT2D eigenvalue weighted by molar-refractivity contribution is 7.90. The van der Waals surface area contributed by atoms with Crippen LogP contribution in [0.2, 0.25) is 0 Å². The molecular weight excluding hydrogens is 280 g/mol. The predicted molar refractivity (Wildman–Crippen MR) is 76.0 cm³/mol. The molecule has 0 spiro atoms. The number of fused-ring (bicyclic) bond motifs is 1. The van der Waals surface area contributed by atoms with E-state index in [1.165, 1.54) is 4.31 Å². The SMILES string of the molecule is CC(C)NS(=O)(=O)N1CCC(C(=O)O)c2ccccc21. The molecule has 0 radical (unpaired) electrons. The molecule has 7 heteroatoms. The summed E-state index contributed by atoms with van der Waals surface area (Å²) in [5.41, 5.74) is 0.986. The maximum Gasteiger partial charge on any atom is 0.311 e. The first-order valence-corrected chi connectivity index (χ1v) is 7.88. The van der Waals surface area contributed by atoms with Crippen LogP contribution in [0.4, 0.5) is 5.69 Å². The second-order valence-corrected chi connectivity index (χ2v) is 6.71. The van der Waals surface area contributed by atoms with Crippen LogP contribution in [-0.2, 0) is 15.0 Å². The van der Waals surface area contributed by atoms with Crippen LogP contribution in [-0.4, -0.2) is 32.1 Å². The third-order valence-corrected chi connectivity index (χ3v) is 4.90. The molecule has 1 aromatic carbocycles. The minimum atomic E-state index is -3.65. The summed E-state index contributed by atoms with van der Waals surface area (Å²) in [4.78, 5) is 11.3. The molecule has 110 valence electrons. The summed E-state index contributed by atoms with van der Waals surface area (Å²) in [6.07, 6.45) is 0.269. The van der Waals surface area contributed by atoms with Gasteiger partial charge in [-0.3, -0.25) is 9.10 Å². The largest absolute Gasteiger partial charge is 0.481 e. The number of anilines is 1. The van der Waals surface area contributed by atoms with Gasteiger partial charge in [-0.05, 0) is 31.9 Å².